The highest BCUT2D eigenvalue weighted by atomic mass is 16.6. The standard InChI is InChI=1S/C13H18N2O5/c1-14(2)13(17)4-3-7-20-12-6-5-10(9-16)8-11(12)15(18)19/h5-6,8,16H,3-4,7,9H2,1-2H3. The van der Waals surface area contributed by atoms with Gasteiger partial charge in [-0.25, -0.2) is 0 Å². The number of ether oxygens (including phenoxy) is 1. The van der Waals surface area contributed by atoms with Gasteiger partial charge in [-0.2, -0.15) is 0 Å². The largest absolute Gasteiger partial charge is 0.487 e. The molecule has 7 heteroatoms. The van der Waals surface area contributed by atoms with Crippen molar-refractivity contribution in [2.24, 2.45) is 0 Å². The molecule has 0 aliphatic carbocycles. The Hall–Kier alpha value is -2.15. The van der Waals surface area contributed by atoms with E-state index in [9.17, 15) is 14.9 Å². The second-order valence-electron chi connectivity index (χ2n) is 4.46. The number of nitrogens with zero attached hydrogens (tertiary/aromatic N) is 2. The third-order valence-corrected chi connectivity index (χ3v) is 2.69. The van der Waals surface area contributed by atoms with E-state index in [4.69, 9.17) is 9.84 Å². The van der Waals surface area contributed by atoms with Gasteiger partial charge in [0, 0.05) is 26.6 Å². The molecule has 0 saturated carbocycles. The van der Waals surface area contributed by atoms with E-state index in [-0.39, 0.29) is 30.6 Å². The lowest BCUT2D eigenvalue weighted by Gasteiger charge is -2.10. The van der Waals surface area contributed by atoms with Gasteiger partial charge in [-0.05, 0) is 18.1 Å². The zero-order chi connectivity index (χ0) is 15.1. The van der Waals surface area contributed by atoms with Crippen LogP contribution in [-0.4, -0.2) is 41.5 Å². The summed E-state index contributed by atoms with van der Waals surface area (Å²) in [6.45, 7) is -0.0443. The third-order valence-electron chi connectivity index (χ3n) is 2.69. The number of nitro benzene ring substituents is 1. The van der Waals surface area contributed by atoms with Gasteiger partial charge < -0.3 is 14.7 Å². The summed E-state index contributed by atoms with van der Waals surface area (Å²) in [7, 11) is 3.34. The van der Waals surface area contributed by atoms with Crippen molar-refractivity contribution < 1.29 is 19.6 Å². The minimum atomic E-state index is -0.556. The molecule has 0 aliphatic rings. The Bertz CT molecular complexity index is 488. The molecular weight excluding hydrogens is 264 g/mol. The number of hydrogen-bond acceptors (Lipinski definition) is 5. The predicted octanol–water partition coefficient (Wildman–Crippen LogP) is 1.33. The summed E-state index contributed by atoms with van der Waals surface area (Å²) in [5.41, 5.74) is 0.266. The number of rotatable bonds is 7. The summed E-state index contributed by atoms with van der Waals surface area (Å²) >= 11 is 0. The summed E-state index contributed by atoms with van der Waals surface area (Å²) in [6.07, 6.45) is 0.811. The number of aliphatic hydroxyl groups is 1. The molecule has 0 radical (unpaired) electrons. The van der Waals surface area contributed by atoms with Gasteiger partial charge in [0.05, 0.1) is 18.1 Å². The topological polar surface area (TPSA) is 92.9 Å². The Kier molecular flexibility index (Phi) is 5.92. The van der Waals surface area contributed by atoms with E-state index in [1.807, 2.05) is 0 Å². The molecule has 1 N–H and O–H groups in total. The molecule has 0 spiro atoms. The van der Waals surface area contributed by atoms with Crippen LogP contribution in [0.2, 0.25) is 0 Å². The first-order valence-corrected chi connectivity index (χ1v) is 6.17. The van der Waals surface area contributed by atoms with Crippen molar-refractivity contribution in [3.8, 4) is 5.75 Å². The van der Waals surface area contributed by atoms with Crippen LogP contribution in [0.5, 0.6) is 5.75 Å². The highest BCUT2D eigenvalue weighted by molar-refractivity contribution is 5.75. The molecule has 1 amide bonds. The van der Waals surface area contributed by atoms with E-state index in [0.717, 1.165) is 0 Å². The van der Waals surface area contributed by atoms with Crippen LogP contribution in [0.3, 0.4) is 0 Å². The molecule has 0 heterocycles. The number of benzene rings is 1. The van der Waals surface area contributed by atoms with Crippen molar-refractivity contribution in [2.75, 3.05) is 20.7 Å². The average Bonchev–Trinajstić information content (AvgIpc) is 2.42. The number of carbonyl (C=O) groups excluding carboxylic acids is 1. The molecule has 0 atom stereocenters. The summed E-state index contributed by atoms with van der Waals surface area (Å²) in [6, 6.07) is 4.30. The van der Waals surface area contributed by atoms with E-state index in [0.29, 0.717) is 18.4 Å². The van der Waals surface area contributed by atoms with Crippen molar-refractivity contribution in [1.29, 1.82) is 0 Å². The highest BCUT2D eigenvalue weighted by Gasteiger charge is 2.16. The predicted molar refractivity (Wildman–Crippen MR) is 72.4 cm³/mol. The SMILES string of the molecule is CN(C)C(=O)CCCOc1ccc(CO)cc1[N+](=O)[O-]. The van der Waals surface area contributed by atoms with Crippen LogP contribution >= 0.6 is 0 Å². The van der Waals surface area contributed by atoms with Gasteiger partial charge in [-0.15, -0.1) is 0 Å². The maximum Gasteiger partial charge on any atom is 0.311 e. The summed E-state index contributed by atoms with van der Waals surface area (Å²) in [4.78, 5) is 23.2. The fourth-order valence-corrected chi connectivity index (χ4v) is 1.56. The van der Waals surface area contributed by atoms with E-state index in [1.165, 1.54) is 17.0 Å². The van der Waals surface area contributed by atoms with Crippen LogP contribution in [0.15, 0.2) is 18.2 Å². The van der Waals surface area contributed by atoms with E-state index < -0.39 is 4.92 Å². The molecule has 1 rings (SSSR count). The smallest absolute Gasteiger partial charge is 0.311 e. The number of nitro groups is 1. The fraction of sp³-hybridized carbons (Fsp3) is 0.462. The zero-order valence-electron chi connectivity index (χ0n) is 11.5. The Morgan fingerprint density at radius 2 is 2.15 bits per heavy atom. The Labute approximate surface area is 116 Å². The Balaban J connectivity index is 2.59. The van der Waals surface area contributed by atoms with Crippen molar-refractivity contribution >= 4 is 11.6 Å². The van der Waals surface area contributed by atoms with Crippen LogP contribution in [-0.2, 0) is 11.4 Å². The lowest BCUT2D eigenvalue weighted by Crippen LogP contribution is -2.21. The first-order valence-electron chi connectivity index (χ1n) is 6.17. The lowest BCUT2D eigenvalue weighted by atomic mass is 10.2. The Morgan fingerprint density at radius 3 is 2.70 bits per heavy atom. The molecule has 7 nitrogen and oxygen atoms in total. The van der Waals surface area contributed by atoms with Crippen molar-refractivity contribution in [2.45, 2.75) is 19.4 Å². The molecule has 0 unspecified atom stereocenters. The van der Waals surface area contributed by atoms with Crippen LogP contribution < -0.4 is 4.74 Å². The van der Waals surface area contributed by atoms with E-state index in [2.05, 4.69) is 0 Å². The van der Waals surface area contributed by atoms with E-state index in [1.54, 1.807) is 20.2 Å². The van der Waals surface area contributed by atoms with Crippen LogP contribution in [0, 0.1) is 10.1 Å². The van der Waals surface area contributed by atoms with Crippen molar-refractivity contribution in [3.63, 3.8) is 0 Å². The van der Waals surface area contributed by atoms with Gasteiger partial charge in [0.2, 0.25) is 5.91 Å². The molecule has 0 fully saturated rings. The molecule has 1 aromatic rings. The highest BCUT2D eigenvalue weighted by Crippen LogP contribution is 2.28. The van der Waals surface area contributed by atoms with Crippen LogP contribution in [0.4, 0.5) is 5.69 Å². The second kappa shape index (κ2) is 7.44. The number of aliphatic hydroxyl groups excluding tert-OH is 1. The molecule has 0 bridgehead atoms. The summed E-state index contributed by atoms with van der Waals surface area (Å²) < 4.78 is 5.33. The molecule has 0 saturated heterocycles. The van der Waals surface area contributed by atoms with Crippen LogP contribution in [0.25, 0.3) is 0 Å². The quantitative estimate of drug-likeness (QED) is 0.462. The maximum absolute atomic E-state index is 11.3. The number of hydrogen-bond donors (Lipinski definition) is 1. The molecular formula is C13H18N2O5. The van der Waals surface area contributed by atoms with Gasteiger partial charge in [0.15, 0.2) is 5.75 Å². The van der Waals surface area contributed by atoms with E-state index >= 15 is 0 Å². The summed E-state index contributed by atoms with van der Waals surface area (Å²) in [5, 5.41) is 19.9. The fourth-order valence-electron chi connectivity index (χ4n) is 1.56. The average molecular weight is 282 g/mol. The minimum absolute atomic E-state index is 0.0151. The third kappa shape index (κ3) is 4.51. The van der Waals surface area contributed by atoms with Crippen molar-refractivity contribution in [3.05, 3.63) is 33.9 Å². The van der Waals surface area contributed by atoms with Crippen LogP contribution in [0.1, 0.15) is 18.4 Å². The second-order valence-corrected chi connectivity index (χ2v) is 4.46. The normalized spacial score (nSPS) is 10.2. The van der Waals surface area contributed by atoms with Gasteiger partial charge in [0.25, 0.3) is 0 Å². The lowest BCUT2D eigenvalue weighted by molar-refractivity contribution is -0.386. The van der Waals surface area contributed by atoms with Gasteiger partial charge in [-0.3, -0.25) is 14.9 Å². The molecule has 0 aliphatic heterocycles. The Morgan fingerprint density at radius 1 is 1.45 bits per heavy atom. The first kappa shape index (κ1) is 15.9. The van der Waals surface area contributed by atoms with Gasteiger partial charge in [0.1, 0.15) is 0 Å². The summed E-state index contributed by atoms with van der Waals surface area (Å²) in [5.74, 6) is 0.128. The monoisotopic (exact) mass is 282 g/mol. The molecule has 1 aromatic carbocycles. The first-order chi connectivity index (χ1) is 9.45. The van der Waals surface area contributed by atoms with Gasteiger partial charge in [-0.1, -0.05) is 6.07 Å². The zero-order valence-corrected chi connectivity index (χ0v) is 11.5. The molecule has 110 valence electrons. The molecule has 20 heavy (non-hydrogen) atoms. The maximum atomic E-state index is 11.3. The number of carbonyl (C=O) groups is 1. The van der Waals surface area contributed by atoms with Crippen molar-refractivity contribution in [1.82, 2.24) is 4.90 Å². The van der Waals surface area contributed by atoms with Gasteiger partial charge >= 0.3 is 5.69 Å². The minimum Gasteiger partial charge on any atom is -0.487 e. The number of amides is 1. The molecule has 0 aromatic heterocycles.